The second kappa shape index (κ2) is 4.29. The van der Waals surface area contributed by atoms with E-state index in [-0.39, 0.29) is 11.6 Å². The van der Waals surface area contributed by atoms with Crippen molar-refractivity contribution in [2.45, 2.75) is 19.5 Å². The highest BCUT2D eigenvalue weighted by Crippen LogP contribution is 2.20. The summed E-state index contributed by atoms with van der Waals surface area (Å²) in [4.78, 5) is 11.5. The molecule has 3 rings (SSSR count). The van der Waals surface area contributed by atoms with Crippen LogP contribution < -0.4 is 5.32 Å². The summed E-state index contributed by atoms with van der Waals surface area (Å²) in [6, 6.07) is 10.1. The zero-order chi connectivity index (χ0) is 12.5. The Morgan fingerprint density at radius 2 is 1.94 bits per heavy atom. The number of benzene rings is 1. The van der Waals surface area contributed by atoms with Crippen molar-refractivity contribution < 1.29 is 9.18 Å². The number of fused-ring (bicyclic) bond motifs is 1. The first kappa shape index (κ1) is 11.0. The molecule has 0 atom stereocenters. The average molecular weight is 244 g/mol. The Bertz CT molecular complexity index is 586. The molecule has 2 aromatic rings. The minimum atomic E-state index is -0.241. The molecule has 1 aromatic carbocycles. The summed E-state index contributed by atoms with van der Waals surface area (Å²) < 4.78 is 14.8. The van der Waals surface area contributed by atoms with E-state index in [1.165, 1.54) is 12.1 Å². The number of nitrogens with zero attached hydrogens (tertiary/aromatic N) is 1. The van der Waals surface area contributed by atoms with Gasteiger partial charge in [0.2, 0.25) is 0 Å². The molecule has 0 amide bonds. The number of ketones is 1. The Hall–Kier alpha value is -2.10. The van der Waals surface area contributed by atoms with E-state index in [2.05, 4.69) is 5.32 Å². The number of anilines is 1. The zero-order valence-corrected chi connectivity index (χ0v) is 9.82. The Morgan fingerprint density at radius 1 is 1.17 bits per heavy atom. The summed E-state index contributed by atoms with van der Waals surface area (Å²) in [5, 5.41) is 3.22. The summed E-state index contributed by atoms with van der Waals surface area (Å²) in [6.45, 7) is 1.40. The average Bonchev–Trinajstić information content (AvgIpc) is 2.93. The quantitative estimate of drug-likeness (QED) is 0.900. The van der Waals surface area contributed by atoms with Crippen LogP contribution in [0.25, 0.3) is 0 Å². The van der Waals surface area contributed by atoms with E-state index in [0.717, 1.165) is 23.6 Å². The standard InChI is InChI=1S/C14H13FN2O/c15-10-1-3-11(4-2-10)16-9-12-5-6-13-14(18)7-8-17(12)13/h1-6,16H,7-9H2. The third kappa shape index (κ3) is 1.90. The maximum atomic E-state index is 12.8. The van der Waals surface area contributed by atoms with Crippen LogP contribution in [0.2, 0.25) is 0 Å². The fraction of sp³-hybridized carbons (Fsp3) is 0.214. The highest BCUT2D eigenvalue weighted by atomic mass is 19.1. The molecule has 92 valence electrons. The summed E-state index contributed by atoms with van der Waals surface area (Å²) in [7, 11) is 0. The van der Waals surface area contributed by atoms with Gasteiger partial charge in [-0.3, -0.25) is 4.79 Å². The van der Waals surface area contributed by atoms with Crippen LogP contribution in [0.15, 0.2) is 36.4 Å². The van der Waals surface area contributed by atoms with Crippen LogP contribution in [0, 0.1) is 5.82 Å². The van der Waals surface area contributed by atoms with Gasteiger partial charge in [-0.1, -0.05) is 0 Å². The number of halogens is 1. The molecule has 1 aliphatic rings. The van der Waals surface area contributed by atoms with Crippen molar-refractivity contribution in [1.29, 1.82) is 0 Å². The summed E-state index contributed by atoms with van der Waals surface area (Å²) in [6.07, 6.45) is 0.597. The third-order valence-electron chi connectivity index (χ3n) is 3.24. The number of rotatable bonds is 3. The molecule has 4 heteroatoms. The molecule has 0 spiro atoms. The lowest BCUT2D eigenvalue weighted by Crippen LogP contribution is -2.06. The predicted octanol–water partition coefficient (Wildman–Crippen LogP) is 2.83. The number of hydrogen-bond acceptors (Lipinski definition) is 2. The maximum Gasteiger partial charge on any atom is 0.180 e. The molecule has 1 aromatic heterocycles. The van der Waals surface area contributed by atoms with Gasteiger partial charge in [-0.15, -0.1) is 0 Å². The monoisotopic (exact) mass is 244 g/mol. The summed E-state index contributed by atoms with van der Waals surface area (Å²) in [5.74, 6) is -0.0299. The molecule has 0 saturated carbocycles. The molecule has 2 heterocycles. The van der Waals surface area contributed by atoms with Gasteiger partial charge >= 0.3 is 0 Å². The van der Waals surface area contributed by atoms with Crippen LogP contribution in [-0.4, -0.2) is 10.4 Å². The number of carbonyl (C=O) groups excluding carboxylic acids is 1. The predicted molar refractivity (Wildman–Crippen MR) is 67.1 cm³/mol. The number of carbonyl (C=O) groups is 1. The van der Waals surface area contributed by atoms with Crippen LogP contribution in [0.5, 0.6) is 0 Å². The number of Topliss-reactive ketones (excluding diaryl/α,β-unsaturated/α-hetero) is 1. The molecule has 0 unspecified atom stereocenters. The van der Waals surface area contributed by atoms with Crippen molar-refractivity contribution in [3.05, 3.63) is 53.6 Å². The summed E-state index contributed by atoms with van der Waals surface area (Å²) >= 11 is 0. The van der Waals surface area contributed by atoms with E-state index in [9.17, 15) is 9.18 Å². The van der Waals surface area contributed by atoms with E-state index < -0.39 is 0 Å². The molecule has 0 bridgehead atoms. The van der Waals surface area contributed by atoms with Gasteiger partial charge in [0.25, 0.3) is 0 Å². The van der Waals surface area contributed by atoms with Gasteiger partial charge in [0.1, 0.15) is 5.82 Å². The third-order valence-corrected chi connectivity index (χ3v) is 3.24. The van der Waals surface area contributed by atoms with Crippen LogP contribution in [0.1, 0.15) is 22.6 Å². The molecule has 1 aliphatic heterocycles. The van der Waals surface area contributed by atoms with Gasteiger partial charge in [0.15, 0.2) is 5.78 Å². The second-order valence-corrected chi connectivity index (χ2v) is 4.40. The molecule has 1 N–H and O–H groups in total. The fourth-order valence-corrected chi connectivity index (χ4v) is 2.27. The van der Waals surface area contributed by atoms with E-state index in [0.29, 0.717) is 13.0 Å². The Labute approximate surface area is 104 Å². The Balaban J connectivity index is 1.72. The van der Waals surface area contributed by atoms with Crippen molar-refractivity contribution in [1.82, 2.24) is 4.57 Å². The van der Waals surface area contributed by atoms with Crippen molar-refractivity contribution in [3.8, 4) is 0 Å². The fourth-order valence-electron chi connectivity index (χ4n) is 2.27. The minimum Gasteiger partial charge on any atom is -0.379 e. The lowest BCUT2D eigenvalue weighted by molar-refractivity contribution is 0.0994. The Kier molecular flexibility index (Phi) is 2.63. The second-order valence-electron chi connectivity index (χ2n) is 4.40. The Morgan fingerprint density at radius 3 is 2.72 bits per heavy atom. The summed E-state index contributed by atoms with van der Waals surface area (Å²) in [5.41, 5.74) is 2.75. The molecule has 0 aliphatic carbocycles. The lowest BCUT2D eigenvalue weighted by atomic mass is 10.2. The van der Waals surface area contributed by atoms with Crippen LogP contribution in [0.3, 0.4) is 0 Å². The highest BCUT2D eigenvalue weighted by molar-refractivity contribution is 5.96. The zero-order valence-electron chi connectivity index (χ0n) is 9.82. The van der Waals surface area contributed by atoms with Gasteiger partial charge in [0.05, 0.1) is 12.2 Å². The SMILES string of the molecule is O=C1CCn2c(CNc3ccc(F)cc3)ccc21. The normalized spacial score (nSPS) is 13.7. The van der Waals surface area contributed by atoms with E-state index in [1.807, 2.05) is 16.7 Å². The smallest absolute Gasteiger partial charge is 0.180 e. The van der Waals surface area contributed by atoms with Crippen molar-refractivity contribution in [2.75, 3.05) is 5.32 Å². The lowest BCUT2D eigenvalue weighted by Gasteiger charge is -2.08. The van der Waals surface area contributed by atoms with Crippen LogP contribution >= 0.6 is 0 Å². The van der Waals surface area contributed by atoms with Crippen molar-refractivity contribution in [2.24, 2.45) is 0 Å². The van der Waals surface area contributed by atoms with E-state index >= 15 is 0 Å². The molecular weight excluding hydrogens is 231 g/mol. The first-order valence-electron chi connectivity index (χ1n) is 5.95. The largest absolute Gasteiger partial charge is 0.379 e. The first-order chi connectivity index (χ1) is 8.74. The van der Waals surface area contributed by atoms with Crippen molar-refractivity contribution >= 4 is 11.5 Å². The number of nitrogens with one attached hydrogen (secondary N) is 1. The number of aromatic nitrogens is 1. The highest BCUT2D eigenvalue weighted by Gasteiger charge is 2.21. The minimum absolute atomic E-state index is 0.211. The first-order valence-corrected chi connectivity index (χ1v) is 5.95. The van der Waals surface area contributed by atoms with E-state index in [1.54, 1.807) is 12.1 Å². The van der Waals surface area contributed by atoms with Gasteiger partial charge in [-0.2, -0.15) is 0 Å². The molecule has 0 saturated heterocycles. The van der Waals surface area contributed by atoms with E-state index in [4.69, 9.17) is 0 Å². The van der Waals surface area contributed by atoms with Crippen molar-refractivity contribution in [3.63, 3.8) is 0 Å². The van der Waals surface area contributed by atoms with Gasteiger partial charge < -0.3 is 9.88 Å². The van der Waals surface area contributed by atoms with Gasteiger partial charge in [-0.05, 0) is 36.4 Å². The topological polar surface area (TPSA) is 34.0 Å². The van der Waals surface area contributed by atoms with Gasteiger partial charge in [-0.25, -0.2) is 4.39 Å². The molecule has 18 heavy (non-hydrogen) atoms. The number of hydrogen-bond donors (Lipinski definition) is 1. The maximum absolute atomic E-state index is 12.8. The molecule has 3 nitrogen and oxygen atoms in total. The van der Waals surface area contributed by atoms with Gasteiger partial charge in [0, 0.05) is 24.3 Å². The molecule has 0 fully saturated rings. The van der Waals surface area contributed by atoms with Crippen LogP contribution in [0.4, 0.5) is 10.1 Å². The molecular formula is C14H13FN2O. The molecule has 0 radical (unpaired) electrons. The van der Waals surface area contributed by atoms with Crippen LogP contribution in [-0.2, 0) is 13.1 Å².